The highest BCUT2D eigenvalue weighted by atomic mass is 79.9. The SMILES string of the molecule is CCN(Cc1cc(C(=O)OCc2cccc(C(OC(C)=O)c3c(C)n(C(=O)c4ccc(Cl)cc4)c4ccc(OC)cc34)n2)cc(Br)c1N)C1CCCCC1. The van der Waals surface area contributed by atoms with Gasteiger partial charge in [-0.2, -0.15) is 0 Å². The predicted octanol–water partition coefficient (Wildman–Crippen LogP) is 9.20. The second kappa shape index (κ2) is 17.2. The molecule has 0 bridgehead atoms. The summed E-state index contributed by atoms with van der Waals surface area (Å²) in [5, 5.41) is 1.16. The number of carbonyl (C=O) groups excluding carboxylic acids is 3. The summed E-state index contributed by atoms with van der Waals surface area (Å²) < 4.78 is 19.5. The number of ether oxygens (including phenoxy) is 3. The van der Waals surface area contributed by atoms with E-state index in [9.17, 15) is 14.4 Å². The van der Waals surface area contributed by atoms with E-state index in [2.05, 4.69) is 27.8 Å². The first-order valence-electron chi connectivity index (χ1n) is 18.1. The molecule has 12 heteroatoms. The lowest BCUT2D eigenvalue weighted by atomic mass is 9.93. The van der Waals surface area contributed by atoms with Gasteiger partial charge in [0, 0.05) is 51.2 Å². The van der Waals surface area contributed by atoms with Crippen molar-refractivity contribution in [3.63, 3.8) is 0 Å². The van der Waals surface area contributed by atoms with Crippen LogP contribution in [0.2, 0.25) is 5.02 Å². The van der Waals surface area contributed by atoms with Gasteiger partial charge in [0.15, 0.2) is 6.10 Å². The summed E-state index contributed by atoms with van der Waals surface area (Å²) in [6, 6.07) is 21.2. The molecule has 1 unspecified atom stereocenters. The Hall–Kier alpha value is -4.71. The van der Waals surface area contributed by atoms with Crippen LogP contribution in [0.25, 0.3) is 10.9 Å². The highest BCUT2D eigenvalue weighted by Crippen LogP contribution is 2.38. The van der Waals surface area contributed by atoms with E-state index in [0.29, 0.717) is 78.2 Å². The number of anilines is 1. The number of fused-ring (bicyclic) bond motifs is 1. The van der Waals surface area contributed by atoms with E-state index in [1.807, 2.05) is 6.07 Å². The highest BCUT2D eigenvalue weighted by Gasteiger charge is 2.30. The van der Waals surface area contributed by atoms with Gasteiger partial charge in [-0.25, -0.2) is 9.78 Å². The minimum atomic E-state index is -1.01. The smallest absolute Gasteiger partial charge is 0.338 e. The summed E-state index contributed by atoms with van der Waals surface area (Å²) in [6.07, 6.45) is 5.05. The minimum absolute atomic E-state index is 0.135. The number of methoxy groups -OCH3 is 1. The van der Waals surface area contributed by atoms with E-state index in [1.54, 1.807) is 85.3 Å². The Morgan fingerprint density at radius 1 is 1.02 bits per heavy atom. The van der Waals surface area contributed by atoms with E-state index < -0.39 is 18.0 Å². The summed E-state index contributed by atoms with van der Waals surface area (Å²) in [5.74, 6) is -0.785. The molecule has 54 heavy (non-hydrogen) atoms. The Bertz CT molecular complexity index is 2180. The lowest BCUT2D eigenvalue weighted by molar-refractivity contribution is -0.144. The minimum Gasteiger partial charge on any atom is -0.497 e. The van der Waals surface area contributed by atoms with Gasteiger partial charge in [-0.1, -0.05) is 43.9 Å². The zero-order valence-corrected chi connectivity index (χ0v) is 33.2. The van der Waals surface area contributed by atoms with E-state index >= 15 is 0 Å². The molecule has 0 saturated heterocycles. The molecule has 1 aliphatic carbocycles. The molecule has 2 N–H and O–H groups in total. The maximum absolute atomic E-state index is 14.0. The first kappa shape index (κ1) is 39.0. The molecule has 3 aromatic carbocycles. The fourth-order valence-corrected chi connectivity index (χ4v) is 7.96. The van der Waals surface area contributed by atoms with Crippen LogP contribution in [-0.2, 0) is 27.4 Å². The molecule has 2 aromatic heterocycles. The highest BCUT2D eigenvalue weighted by molar-refractivity contribution is 9.10. The number of esters is 2. The summed E-state index contributed by atoms with van der Waals surface area (Å²) >= 11 is 9.66. The maximum atomic E-state index is 14.0. The van der Waals surface area contributed by atoms with Crippen molar-refractivity contribution in [1.29, 1.82) is 0 Å². The largest absolute Gasteiger partial charge is 0.497 e. The second-order valence-corrected chi connectivity index (χ2v) is 14.8. The summed E-state index contributed by atoms with van der Waals surface area (Å²) in [7, 11) is 1.56. The fourth-order valence-electron chi connectivity index (χ4n) is 7.33. The van der Waals surface area contributed by atoms with Gasteiger partial charge in [0.05, 0.1) is 35.3 Å². The number of hydrogen-bond acceptors (Lipinski definition) is 9. The van der Waals surface area contributed by atoms with Crippen LogP contribution in [0.3, 0.4) is 0 Å². The van der Waals surface area contributed by atoms with Crippen molar-refractivity contribution in [3.05, 3.63) is 122 Å². The molecule has 6 rings (SSSR count). The van der Waals surface area contributed by atoms with Gasteiger partial charge in [-0.05, 0) is 115 Å². The van der Waals surface area contributed by atoms with Crippen LogP contribution in [0.4, 0.5) is 5.69 Å². The standard InChI is InChI=1S/C42H44BrClN4O6/c1-5-47(32-11-7-6-8-12-32)23-29-20-28(21-35(43)39(29)45)42(51)53-24-31-10-9-13-36(46-31)40(54-26(3)49)38-25(2)48(37-19-18-33(52-4)22-34(37)38)41(50)27-14-16-30(44)17-15-27/h9-10,13-22,32,40H,5-8,11-12,23-24,45H2,1-4H3. The van der Waals surface area contributed by atoms with Gasteiger partial charge in [-0.15, -0.1) is 0 Å². The van der Waals surface area contributed by atoms with Gasteiger partial charge in [0.25, 0.3) is 5.91 Å². The van der Waals surface area contributed by atoms with Crippen LogP contribution in [0.1, 0.15) is 101 Å². The number of nitrogens with zero attached hydrogens (tertiary/aromatic N) is 3. The quantitative estimate of drug-likeness (QED) is 0.0969. The van der Waals surface area contributed by atoms with Gasteiger partial charge >= 0.3 is 11.9 Å². The van der Waals surface area contributed by atoms with Crippen molar-refractivity contribution in [2.75, 3.05) is 19.4 Å². The van der Waals surface area contributed by atoms with E-state index in [1.165, 1.54) is 39.0 Å². The number of hydrogen-bond donors (Lipinski definition) is 1. The first-order chi connectivity index (χ1) is 26.0. The lowest BCUT2D eigenvalue weighted by Crippen LogP contribution is -2.36. The van der Waals surface area contributed by atoms with E-state index in [0.717, 1.165) is 12.1 Å². The van der Waals surface area contributed by atoms with Crippen LogP contribution < -0.4 is 10.5 Å². The Morgan fingerprint density at radius 2 is 1.76 bits per heavy atom. The Kier molecular flexibility index (Phi) is 12.4. The fraction of sp³-hybridized carbons (Fsp3) is 0.333. The molecule has 5 aromatic rings. The zero-order chi connectivity index (χ0) is 38.5. The summed E-state index contributed by atoms with van der Waals surface area (Å²) in [4.78, 5) is 47.3. The molecule has 0 radical (unpaired) electrons. The number of pyridine rings is 1. The Morgan fingerprint density at radius 3 is 2.44 bits per heavy atom. The van der Waals surface area contributed by atoms with Gasteiger partial charge in [-0.3, -0.25) is 19.1 Å². The van der Waals surface area contributed by atoms with Crippen LogP contribution >= 0.6 is 27.5 Å². The van der Waals surface area contributed by atoms with Crippen molar-refractivity contribution in [3.8, 4) is 5.75 Å². The van der Waals surface area contributed by atoms with E-state index in [-0.39, 0.29) is 12.5 Å². The Labute approximate surface area is 328 Å². The van der Waals surface area contributed by atoms with Crippen molar-refractivity contribution in [2.24, 2.45) is 0 Å². The van der Waals surface area contributed by atoms with Crippen LogP contribution in [0, 0.1) is 6.92 Å². The molecular formula is C42H44BrClN4O6. The number of nitrogen functional groups attached to an aromatic ring is 1. The first-order valence-corrected chi connectivity index (χ1v) is 19.3. The number of carbonyl (C=O) groups is 3. The summed E-state index contributed by atoms with van der Waals surface area (Å²) in [6.45, 7) is 6.66. The van der Waals surface area contributed by atoms with Gasteiger partial charge < -0.3 is 19.9 Å². The molecule has 282 valence electrons. The van der Waals surface area contributed by atoms with Crippen LogP contribution in [-0.4, -0.2) is 52.0 Å². The molecule has 2 heterocycles. The third-order valence-corrected chi connectivity index (χ3v) is 11.0. The normalized spacial score (nSPS) is 13.9. The van der Waals surface area contributed by atoms with Crippen molar-refractivity contribution < 1.29 is 28.6 Å². The number of benzene rings is 3. The molecule has 0 spiro atoms. The molecule has 10 nitrogen and oxygen atoms in total. The average Bonchev–Trinajstić information content (AvgIpc) is 3.47. The third kappa shape index (κ3) is 8.48. The van der Waals surface area contributed by atoms with Gasteiger partial charge in [0.1, 0.15) is 12.4 Å². The zero-order valence-electron chi connectivity index (χ0n) is 30.9. The molecule has 0 amide bonds. The summed E-state index contributed by atoms with van der Waals surface area (Å²) in [5.41, 5.74) is 11.3. The monoisotopic (exact) mass is 814 g/mol. The second-order valence-electron chi connectivity index (χ2n) is 13.5. The molecule has 1 atom stereocenters. The molecular weight excluding hydrogens is 772 g/mol. The molecule has 1 aliphatic rings. The molecule has 0 aliphatic heterocycles. The van der Waals surface area contributed by atoms with Crippen molar-refractivity contribution >= 4 is 62.0 Å². The van der Waals surface area contributed by atoms with Crippen LogP contribution in [0.5, 0.6) is 5.75 Å². The lowest BCUT2D eigenvalue weighted by Gasteiger charge is -2.34. The Balaban J connectivity index is 1.29. The van der Waals surface area contributed by atoms with Crippen LogP contribution in [0.15, 0.2) is 77.3 Å². The number of rotatable bonds is 12. The van der Waals surface area contributed by atoms with Crippen molar-refractivity contribution in [2.45, 2.75) is 78.2 Å². The number of halogens is 2. The average molecular weight is 816 g/mol. The molecule has 1 fully saturated rings. The molecule has 1 saturated carbocycles. The third-order valence-electron chi connectivity index (χ3n) is 10.1. The predicted molar refractivity (Wildman–Crippen MR) is 213 cm³/mol. The van der Waals surface area contributed by atoms with Gasteiger partial charge in [0.2, 0.25) is 0 Å². The van der Waals surface area contributed by atoms with Crippen molar-refractivity contribution in [1.82, 2.24) is 14.5 Å². The number of aromatic nitrogens is 2. The maximum Gasteiger partial charge on any atom is 0.338 e. The topological polar surface area (TPSA) is 126 Å². The van der Waals surface area contributed by atoms with E-state index in [4.69, 9.17) is 36.5 Å². The number of nitrogens with two attached hydrogens (primary N) is 1.